The van der Waals surface area contributed by atoms with Crippen molar-refractivity contribution in [1.82, 2.24) is 9.13 Å². The number of Topliss-reactive ketones (excluding diaryl/α,β-unsaturated/α-hetero) is 1. The van der Waals surface area contributed by atoms with Crippen molar-refractivity contribution in [2.24, 2.45) is 4.99 Å². The van der Waals surface area contributed by atoms with Crippen molar-refractivity contribution in [3.63, 3.8) is 0 Å². The largest absolute Gasteiger partial charge is 0.507 e. The van der Waals surface area contributed by atoms with Crippen molar-refractivity contribution < 1.29 is 37.8 Å². The molecule has 0 saturated heterocycles. The molecule has 1 amide bonds. The fourth-order valence-corrected chi connectivity index (χ4v) is 4.12. The Morgan fingerprint density at radius 2 is 1.32 bits per heavy atom. The van der Waals surface area contributed by atoms with Crippen LogP contribution in [-0.2, 0) is 28.7 Å². The van der Waals surface area contributed by atoms with Crippen LogP contribution in [0.4, 0.5) is 13.2 Å². The predicted octanol–water partition coefficient (Wildman–Crippen LogP) is 5.21. The van der Waals surface area contributed by atoms with Gasteiger partial charge in [-0.15, -0.1) is 0 Å². The number of ketones is 1. The molecule has 1 heterocycles. The molecular weight excluding hydrogens is 527 g/mol. The molecule has 2 aromatic carbocycles. The first kappa shape index (κ1) is 30.4. The number of rotatable bonds is 6. The topological polar surface area (TPSA) is 114 Å². The molecule has 0 saturated carbocycles. The van der Waals surface area contributed by atoms with Crippen LogP contribution in [0.15, 0.2) is 53.8 Å². The Labute approximate surface area is 229 Å². The fraction of sp³-hybridized carbons (Fsp3) is 0.379. The molecule has 0 unspecified atom stereocenters. The standard InChI is InChI=1S/C29H32F3N3O5/c1-27(2,3)20-13-19(14-21(23(20)37)28(4,5)6)22(36)16-35-12-11-34(26(35)33-25(40)29(30,31)32)15-17-7-9-18(10-8-17)24(38)39/h7-14,37H,15-16H2,1-6H3,(H,38,39)/b33-26-. The first-order valence-electron chi connectivity index (χ1n) is 12.4. The summed E-state index contributed by atoms with van der Waals surface area (Å²) in [5.41, 5.74) is 0.513. The molecule has 0 fully saturated rings. The van der Waals surface area contributed by atoms with Gasteiger partial charge in [0, 0.05) is 29.1 Å². The summed E-state index contributed by atoms with van der Waals surface area (Å²) in [6.45, 7) is 10.9. The average molecular weight is 560 g/mol. The van der Waals surface area contributed by atoms with E-state index in [1.54, 1.807) is 12.1 Å². The zero-order chi connectivity index (χ0) is 30.2. The summed E-state index contributed by atoms with van der Waals surface area (Å²) in [6.07, 6.45) is -2.49. The quantitative estimate of drug-likeness (QED) is 0.403. The second-order valence-corrected chi connectivity index (χ2v) is 11.6. The molecule has 0 bridgehead atoms. The number of carboxylic acids is 1. The van der Waals surface area contributed by atoms with Crippen molar-refractivity contribution in [2.75, 3.05) is 0 Å². The Morgan fingerprint density at radius 1 is 0.825 bits per heavy atom. The first-order valence-corrected chi connectivity index (χ1v) is 12.4. The van der Waals surface area contributed by atoms with Gasteiger partial charge in [-0.2, -0.15) is 18.2 Å². The van der Waals surface area contributed by atoms with E-state index in [9.17, 15) is 32.7 Å². The van der Waals surface area contributed by atoms with Gasteiger partial charge in [0.25, 0.3) is 0 Å². The van der Waals surface area contributed by atoms with Gasteiger partial charge in [-0.1, -0.05) is 53.7 Å². The number of carboxylic acid groups (broad SMARTS) is 1. The van der Waals surface area contributed by atoms with E-state index in [-0.39, 0.29) is 23.4 Å². The van der Waals surface area contributed by atoms with E-state index >= 15 is 0 Å². The Kier molecular flexibility index (Phi) is 8.19. The molecule has 3 rings (SSSR count). The number of alkyl halides is 3. The average Bonchev–Trinajstić information content (AvgIpc) is 3.17. The molecule has 0 aliphatic rings. The van der Waals surface area contributed by atoms with E-state index in [0.29, 0.717) is 16.7 Å². The Bertz CT molecular complexity index is 1480. The number of hydrogen-bond donors (Lipinski definition) is 2. The third kappa shape index (κ3) is 6.88. The number of aromatic carboxylic acids is 1. The zero-order valence-corrected chi connectivity index (χ0v) is 23.1. The van der Waals surface area contributed by atoms with Crippen LogP contribution in [0.3, 0.4) is 0 Å². The van der Waals surface area contributed by atoms with Crippen molar-refractivity contribution >= 4 is 17.7 Å². The second-order valence-electron chi connectivity index (χ2n) is 11.6. The van der Waals surface area contributed by atoms with Crippen LogP contribution in [0.5, 0.6) is 5.75 Å². The number of amides is 1. The maximum atomic E-state index is 13.5. The molecule has 0 aliphatic carbocycles. The van der Waals surface area contributed by atoms with Crippen LogP contribution in [0.2, 0.25) is 0 Å². The smallest absolute Gasteiger partial charge is 0.473 e. The van der Waals surface area contributed by atoms with E-state index in [1.807, 2.05) is 41.5 Å². The van der Waals surface area contributed by atoms with Crippen molar-refractivity contribution in [3.05, 3.63) is 82.2 Å². The van der Waals surface area contributed by atoms with E-state index < -0.39 is 46.8 Å². The Balaban J connectivity index is 2.09. The van der Waals surface area contributed by atoms with E-state index in [2.05, 4.69) is 4.99 Å². The number of aromatic nitrogens is 2. The zero-order valence-electron chi connectivity index (χ0n) is 23.1. The minimum absolute atomic E-state index is 0.0345. The molecule has 0 spiro atoms. The number of halogens is 3. The second kappa shape index (κ2) is 10.8. The highest BCUT2D eigenvalue weighted by Gasteiger charge is 2.39. The van der Waals surface area contributed by atoms with Crippen molar-refractivity contribution in [1.29, 1.82) is 0 Å². The lowest BCUT2D eigenvalue weighted by Gasteiger charge is -2.28. The van der Waals surface area contributed by atoms with Gasteiger partial charge in [-0.25, -0.2) is 4.79 Å². The molecule has 40 heavy (non-hydrogen) atoms. The summed E-state index contributed by atoms with van der Waals surface area (Å²) in [7, 11) is 0. The van der Waals surface area contributed by atoms with Gasteiger partial charge in [-0.05, 0) is 40.7 Å². The summed E-state index contributed by atoms with van der Waals surface area (Å²) >= 11 is 0. The highest BCUT2D eigenvalue weighted by molar-refractivity contribution is 5.96. The third-order valence-electron chi connectivity index (χ3n) is 6.30. The number of carbonyl (C=O) groups excluding carboxylic acids is 2. The number of benzene rings is 2. The van der Waals surface area contributed by atoms with Gasteiger partial charge in [0.05, 0.1) is 18.7 Å². The van der Waals surface area contributed by atoms with E-state index in [4.69, 9.17) is 5.11 Å². The van der Waals surface area contributed by atoms with Crippen LogP contribution in [0.25, 0.3) is 0 Å². The fourth-order valence-electron chi connectivity index (χ4n) is 4.12. The number of phenols is 1. The normalized spacial score (nSPS) is 13.0. The molecule has 11 heteroatoms. The Morgan fingerprint density at radius 3 is 1.77 bits per heavy atom. The van der Waals surface area contributed by atoms with Crippen molar-refractivity contribution in [2.45, 2.75) is 71.6 Å². The lowest BCUT2D eigenvalue weighted by molar-refractivity contribution is -0.169. The maximum Gasteiger partial charge on any atom is 0.473 e. The monoisotopic (exact) mass is 559 g/mol. The number of hydrogen-bond acceptors (Lipinski definition) is 4. The lowest BCUT2D eigenvalue weighted by Crippen LogP contribution is -2.33. The molecule has 0 atom stereocenters. The predicted molar refractivity (Wildman–Crippen MR) is 141 cm³/mol. The number of imidazole rings is 1. The van der Waals surface area contributed by atoms with Crippen LogP contribution >= 0.6 is 0 Å². The van der Waals surface area contributed by atoms with Crippen LogP contribution in [-0.4, -0.2) is 43.2 Å². The molecular formula is C29H32F3N3O5. The molecule has 8 nitrogen and oxygen atoms in total. The highest BCUT2D eigenvalue weighted by Crippen LogP contribution is 2.39. The van der Waals surface area contributed by atoms with Gasteiger partial charge in [-0.3, -0.25) is 9.59 Å². The number of nitrogens with zero attached hydrogens (tertiary/aromatic N) is 3. The van der Waals surface area contributed by atoms with E-state index in [1.165, 1.54) is 41.2 Å². The molecule has 0 radical (unpaired) electrons. The summed E-state index contributed by atoms with van der Waals surface area (Å²) in [6, 6.07) is 8.83. The van der Waals surface area contributed by atoms with Gasteiger partial charge >= 0.3 is 18.1 Å². The summed E-state index contributed by atoms with van der Waals surface area (Å²) in [4.78, 5) is 39.7. The first-order chi connectivity index (χ1) is 18.3. The van der Waals surface area contributed by atoms with Gasteiger partial charge in [0.2, 0.25) is 5.62 Å². The molecule has 3 aromatic rings. The number of aromatic hydroxyl groups is 1. The molecule has 1 aromatic heterocycles. The van der Waals surface area contributed by atoms with Crippen LogP contribution in [0.1, 0.15) is 78.9 Å². The lowest BCUT2D eigenvalue weighted by atomic mass is 9.78. The summed E-state index contributed by atoms with van der Waals surface area (Å²) in [5, 5.41) is 20.0. The molecule has 214 valence electrons. The van der Waals surface area contributed by atoms with Crippen LogP contribution in [0, 0.1) is 0 Å². The number of phenolic OH excluding ortho intramolecular Hbond substituents is 1. The summed E-state index contributed by atoms with van der Waals surface area (Å²) in [5.74, 6) is -3.84. The molecule has 0 aliphatic heterocycles. The minimum atomic E-state index is -5.22. The van der Waals surface area contributed by atoms with Crippen LogP contribution < -0.4 is 5.62 Å². The number of carbonyl (C=O) groups is 3. The SMILES string of the molecule is CC(C)(C)c1cc(C(=O)Cn2ccn(Cc3ccc(C(=O)O)cc3)/c2=N/C(=O)C(F)(F)F)cc(C(C)(C)C)c1O. The van der Waals surface area contributed by atoms with Crippen molar-refractivity contribution in [3.8, 4) is 5.75 Å². The minimum Gasteiger partial charge on any atom is -0.507 e. The maximum absolute atomic E-state index is 13.5. The van der Waals surface area contributed by atoms with Gasteiger partial charge in [0.15, 0.2) is 5.78 Å². The highest BCUT2D eigenvalue weighted by atomic mass is 19.4. The van der Waals surface area contributed by atoms with Gasteiger partial charge < -0.3 is 19.3 Å². The Hall–Kier alpha value is -4.15. The molecule has 2 N–H and O–H groups in total. The van der Waals surface area contributed by atoms with E-state index in [0.717, 1.165) is 4.57 Å². The summed E-state index contributed by atoms with van der Waals surface area (Å²) < 4.78 is 41.8. The van der Waals surface area contributed by atoms with Gasteiger partial charge in [0.1, 0.15) is 5.75 Å². The third-order valence-corrected chi connectivity index (χ3v) is 6.30.